The van der Waals surface area contributed by atoms with Gasteiger partial charge in [0.25, 0.3) is 10.1 Å². The molecule has 0 amide bonds. The maximum atomic E-state index is 11.7. The van der Waals surface area contributed by atoms with Crippen LogP contribution in [0.15, 0.2) is 33.6 Å². The minimum absolute atomic E-state index is 0.0732. The van der Waals surface area contributed by atoms with Gasteiger partial charge in [-0.25, -0.2) is 0 Å². The van der Waals surface area contributed by atoms with Crippen LogP contribution >= 0.6 is 15.9 Å². The smallest absolute Gasteiger partial charge is 0.266 e. The van der Waals surface area contributed by atoms with Crippen LogP contribution in [0, 0.1) is 0 Å². The molecule has 0 radical (unpaired) electrons. The lowest BCUT2D eigenvalue weighted by molar-refractivity contribution is 0.311. The summed E-state index contributed by atoms with van der Waals surface area (Å²) in [6, 6.07) is 6.13. The van der Waals surface area contributed by atoms with Crippen LogP contribution in [0.4, 0.5) is 0 Å². The van der Waals surface area contributed by atoms with Gasteiger partial charge in [0.15, 0.2) is 0 Å². The van der Waals surface area contributed by atoms with E-state index in [2.05, 4.69) is 15.9 Å². The van der Waals surface area contributed by atoms with Gasteiger partial charge >= 0.3 is 0 Å². The van der Waals surface area contributed by atoms with Crippen LogP contribution in [-0.4, -0.2) is 15.0 Å². The first-order chi connectivity index (χ1) is 7.45. The average molecular weight is 294 g/mol. The highest BCUT2D eigenvalue weighted by Crippen LogP contribution is 2.16. The van der Waals surface area contributed by atoms with Gasteiger partial charge in [-0.05, 0) is 30.7 Å². The second-order valence-corrected chi connectivity index (χ2v) is 5.45. The van der Waals surface area contributed by atoms with E-state index < -0.39 is 16.7 Å². The van der Waals surface area contributed by atoms with E-state index in [1.165, 1.54) is 12.1 Å². The molecule has 0 aromatic heterocycles. The van der Waals surface area contributed by atoms with E-state index in [9.17, 15) is 8.42 Å². The van der Waals surface area contributed by atoms with Gasteiger partial charge in [0.1, 0.15) is 0 Å². The van der Waals surface area contributed by atoms with Gasteiger partial charge in [0.05, 0.1) is 12.8 Å². The maximum Gasteiger partial charge on any atom is 0.296 e. The van der Waals surface area contributed by atoms with Crippen molar-refractivity contribution in [2.75, 3.05) is 6.58 Å². The molecule has 15 heavy (non-hydrogen) atoms. The van der Waals surface area contributed by atoms with Crippen LogP contribution in [0.25, 0.3) is 0 Å². The molecule has 1 atom stereocenters. The zero-order valence-electron chi connectivity index (χ0n) is 9.31. The summed E-state index contributed by atoms with van der Waals surface area (Å²) in [6.45, 7) is 0.843. The van der Waals surface area contributed by atoms with Gasteiger partial charge in [-0.1, -0.05) is 29.3 Å². The number of hydrogen-bond acceptors (Lipinski definition) is 3. The molecule has 0 bridgehead atoms. The average Bonchev–Trinajstić information content (AvgIpc) is 2.17. The molecule has 0 spiro atoms. The Morgan fingerprint density at radius 1 is 1.40 bits per heavy atom. The molecule has 5 heteroatoms. The van der Waals surface area contributed by atoms with Crippen molar-refractivity contribution in [1.29, 1.82) is 0 Å². The molecule has 0 saturated heterocycles. The van der Waals surface area contributed by atoms with Gasteiger partial charge in [0, 0.05) is 4.47 Å². The summed E-state index contributed by atoms with van der Waals surface area (Å²) in [5.41, 5.74) is 0. The highest BCUT2D eigenvalue weighted by atomic mass is 79.9. The van der Waals surface area contributed by atoms with Gasteiger partial charge in [-0.15, -0.1) is 0 Å². The van der Waals surface area contributed by atoms with Crippen molar-refractivity contribution in [3.8, 4) is 0 Å². The minimum atomic E-state index is -3.81. The summed E-state index contributed by atoms with van der Waals surface area (Å²) < 4.78 is 36.3. The fourth-order valence-electron chi connectivity index (χ4n) is 0.912. The van der Waals surface area contributed by atoms with Crippen molar-refractivity contribution in [3.05, 3.63) is 28.7 Å². The van der Waals surface area contributed by atoms with E-state index in [-0.39, 0.29) is 4.90 Å². The largest absolute Gasteiger partial charge is 0.296 e. The lowest BCUT2D eigenvalue weighted by atomic mass is 10.4. The quantitative estimate of drug-likeness (QED) is 0.784. The van der Waals surface area contributed by atoms with E-state index in [1.54, 1.807) is 12.1 Å². The van der Waals surface area contributed by atoms with Crippen molar-refractivity contribution in [2.45, 2.75) is 24.7 Å². The molecule has 0 saturated carbocycles. The van der Waals surface area contributed by atoms with Crippen molar-refractivity contribution < 1.29 is 14.0 Å². The van der Waals surface area contributed by atoms with E-state index in [1.807, 2.05) is 6.92 Å². The van der Waals surface area contributed by atoms with Crippen molar-refractivity contribution in [3.63, 3.8) is 0 Å². The SMILES string of the molecule is [2H][C@@H](CCC)OS(=O)(=O)c1ccc(Br)cc1. The second kappa shape index (κ2) is 5.63. The molecule has 0 aliphatic carbocycles. The minimum Gasteiger partial charge on any atom is -0.266 e. The van der Waals surface area contributed by atoms with Crippen LogP contribution < -0.4 is 0 Å². The van der Waals surface area contributed by atoms with E-state index in [4.69, 9.17) is 5.55 Å². The van der Waals surface area contributed by atoms with Crippen LogP contribution in [0.3, 0.4) is 0 Å². The normalized spacial score (nSPS) is 14.7. The Morgan fingerprint density at radius 2 is 2.00 bits per heavy atom. The van der Waals surface area contributed by atoms with Crippen molar-refractivity contribution >= 4 is 26.0 Å². The Morgan fingerprint density at radius 3 is 2.53 bits per heavy atom. The Kier molecular flexibility index (Phi) is 4.17. The van der Waals surface area contributed by atoms with Crippen molar-refractivity contribution in [2.24, 2.45) is 0 Å². The van der Waals surface area contributed by atoms with Gasteiger partial charge in [-0.3, -0.25) is 4.18 Å². The summed E-state index contributed by atoms with van der Waals surface area (Å²) in [7, 11) is -3.81. The summed E-state index contributed by atoms with van der Waals surface area (Å²) in [5, 5.41) is 0. The predicted octanol–water partition coefficient (Wildman–Crippen LogP) is 2.95. The van der Waals surface area contributed by atoms with E-state index >= 15 is 0 Å². The molecule has 1 rings (SSSR count). The first-order valence-corrected chi connectivity index (χ1v) is 6.77. The molecule has 1 aromatic rings. The molecular formula is C10H13BrO3S. The lowest BCUT2D eigenvalue weighted by Crippen LogP contribution is -2.07. The zero-order chi connectivity index (χ0) is 12.2. The third-order valence-corrected chi connectivity index (χ3v) is 3.47. The maximum absolute atomic E-state index is 11.7. The molecule has 0 aliphatic heterocycles. The fourth-order valence-corrected chi connectivity index (χ4v) is 2.03. The van der Waals surface area contributed by atoms with Crippen LogP contribution in [-0.2, 0) is 14.3 Å². The molecule has 0 heterocycles. The summed E-state index contributed by atoms with van der Waals surface area (Å²) >= 11 is 3.22. The molecule has 0 unspecified atom stereocenters. The zero-order valence-corrected chi connectivity index (χ0v) is 10.7. The third-order valence-electron chi connectivity index (χ3n) is 1.70. The first kappa shape index (κ1) is 11.1. The highest BCUT2D eigenvalue weighted by molar-refractivity contribution is 9.10. The lowest BCUT2D eigenvalue weighted by Gasteiger charge is -2.04. The Balaban J connectivity index is 2.82. The molecular weight excluding hydrogens is 280 g/mol. The first-order valence-electron chi connectivity index (χ1n) is 5.14. The van der Waals surface area contributed by atoms with E-state index in [0.717, 1.165) is 4.47 Å². The van der Waals surface area contributed by atoms with Crippen LogP contribution in [0.2, 0.25) is 0 Å². The Bertz CT molecular complexity index is 430. The van der Waals surface area contributed by atoms with Gasteiger partial charge in [-0.2, -0.15) is 8.42 Å². The monoisotopic (exact) mass is 293 g/mol. The predicted molar refractivity (Wildman–Crippen MR) is 62.2 cm³/mol. The molecule has 0 fully saturated rings. The van der Waals surface area contributed by atoms with E-state index in [0.29, 0.717) is 12.8 Å². The standard InChI is InChI=1S/C10H13BrO3S/c1-2-3-8-14-15(12,13)10-6-4-9(11)5-7-10/h4-7H,2-3,8H2,1H3/i8D/t8-/m0/s1. The molecule has 1 aromatic carbocycles. The number of rotatable bonds is 5. The molecule has 84 valence electrons. The van der Waals surface area contributed by atoms with Crippen LogP contribution in [0.1, 0.15) is 21.1 Å². The number of halogens is 1. The van der Waals surface area contributed by atoms with Gasteiger partial charge < -0.3 is 0 Å². The Hall–Kier alpha value is -0.390. The highest BCUT2D eigenvalue weighted by Gasteiger charge is 2.13. The summed E-state index contributed by atoms with van der Waals surface area (Å²) in [6.07, 6.45) is 1.11. The van der Waals surface area contributed by atoms with Crippen LogP contribution in [0.5, 0.6) is 0 Å². The van der Waals surface area contributed by atoms with Gasteiger partial charge in [0.2, 0.25) is 0 Å². The Labute approximate surface area is 100 Å². The fraction of sp³-hybridized carbons (Fsp3) is 0.400. The van der Waals surface area contributed by atoms with Crippen molar-refractivity contribution in [1.82, 2.24) is 0 Å². The second-order valence-electron chi connectivity index (χ2n) is 2.96. The molecule has 0 N–H and O–H groups in total. The summed E-state index contributed by atoms with van der Waals surface area (Å²) in [4.78, 5) is 0.0732. The summed E-state index contributed by atoms with van der Waals surface area (Å²) in [5.74, 6) is 0. The third kappa shape index (κ3) is 3.93. The topological polar surface area (TPSA) is 43.4 Å². The number of hydrogen-bond donors (Lipinski definition) is 0. The number of benzene rings is 1. The molecule has 3 nitrogen and oxygen atoms in total. The molecule has 0 aliphatic rings.